The molecule has 2 heterocycles. The summed E-state index contributed by atoms with van der Waals surface area (Å²) in [7, 11) is 0. The lowest BCUT2D eigenvalue weighted by atomic mass is 10.2. The summed E-state index contributed by atoms with van der Waals surface area (Å²) < 4.78 is 17.6. The molecular weight excluding hydrogens is 478 g/mol. The van der Waals surface area contributed by atoms with Crippen LogP contribution in [0.25, 0.3) is 17.1 Å². The number of nitrogens with zero attached hydrogens (tertiary/aromatic N) is 3. The van der Waals surface area contributed by atoms with Crippen LogP contribution in [-0.2, 0) is 14.3 Å². The molecule has 0 aliphatic carbocycles. The number of aromatic nitrogens is 3. The molecule has 2 N–H and O–H groups in total. The van der Waals surface area contributed by atoms with Crippen molar-refractivity contribution in [3.63, 3.8) is 0 Å². The van der Waals surface area contributed by atoms with Crippen LogP contribution in [0.2, 0.25) is 0 Å². The Balaban J connectivity index is 1.18. The van der Waals surface area contributed by atoms with Crippen molar-refractivity contribution in [3.8, 4) is 28.6 Å². The number of ether oxygens (including phenoxy) is 3. The van der Waals surface area contributed by atoms with Crippen molar-refractivity contribution in [1.29, 1.82) is 0 Å². The van der Waals surface area contributed by atoms with Gasteiger partial charge in [-0.05, 0) is 24.3 Å². The molecule has 1 aromatic heterocycles. The summed E-state index contributed by atoms with van der Waals surface area (Å²) in [6.07, 6.45) is -0.958. The topological polar surface area (TPSA) is 134 Å². The average molecular weight is 499 g/mol. The van der Waals surface area contributed by atoms with E-state index in [0.717, 1.165) is 5.56 Å². The predicted octanol–water partition coefficient (Wildman–Crippen LogP) is 2.08. The SMILES string of the molecule is O=C(COC(=O)c1nc(-c2ccccc2)n(-c2ccccc2)n1)NNC(=O)C1COc2ccccc2O1. The molecule has 5 rings (SSSR count). The second-order valence-corrected chi connectivity index (χ2v) is 7.85. The first kappa shape index (κ1) is 23.5. The third-order valence-corrected chi connectivity index (χ3v) is 5.28. The molecule has 0 spiro atoms. The quantitative estimate of drug-likeness (QED) is 0.304. The largest absolute Gasteiger partial charge is 0.485 e. The van der Waals surface area contributed by atoms with Gasteiger partial charge in [-0.25, -0.2) is 14.5 Å². The van der Waals surface area contributed by atoms with Crippen molar-refractivity contribution in [2.75, 3.05) is 13.2 Å². The van der Waals surface area contributed by atoms with Crippen LogP contribution in [0.5, 0.6) is 11.5 Å². The lowest BCUT2D eigenvalue weighted by Gasteiger charge is -2.25. The summed E-state index contributed by atoms with van der Waals surface area (Å²) in [6, 6.07) is 25.4. The van der Waals surface area contributed by atoms with E-state index in [9.17, 15) is 14.4 Å². The van der Waals surface area contributed by atoms with Crippen molar-refractivity contribution in [2.45, 2.75) is 6.10 Å². The number of esters is 1. The molecule has 0 saturated carbocycles. The van der Waals surface area contributed by atoms with E-state index >= 15 is 0 Å². The number of hydrogen-bond donors (Lipinski definition) is 2. The number of fused-ring (bicyclic) bond motifs is 1. The van der Waals surface area contributed by atoms with E-state index in [1.54, 1.807) is 24.3 Å². The zero-order valence-corrected chi connectivity index (χ0v) is 19.4. The normalized spacial score (nSPS) is 13.9. The van der Waals surface area contributed by atoms with Crippen LogP contribution in [0.1, 0.15) is 10.6 Å². The fourth-order valence-electron chi connectivity index (χ4n) is 3.51. The Kier molecular flexibility index (Phi) is 6.75. The molecule has 0 bridgehead atoms. The number of benzene rings is 3. The molecule has 3 aromatic carbocycles. The van der Waals surface area contributed by atoms with Crippen LogP contribution < -0.4 is 20.3 Å². The van der Waals surface area contributed by atoms with Crippen molar-refractivity contribution in [1.82, 2.24) is 25.6 Å². The highest BCUT2D eigenvalue weighted by Crippen LogP contribution is 2.30. The minimum absolute atomic E-state index is 0.0206. The van der Waals surface area contributed by atoms with Crippen LogP contribution in [0.3, 0.4) is 0 Å². The van der Waals surface area contributed by atoms with E-state index in [2.05, 4.69) is 20.9 Å². The molecular formula is C26H21N5O6. The summed E-state index contributed by atoms with van der Waals surface area (Å²) in [5.74, 6) is -1.10. The molecule has 0 radical (unpaired) electrons. The Morgan fingerprint density at radius 2 is 1.57 bits per heavy atom. The van der Waals surface area contributed by atoms with E-state index in [1.165, 1.54) is 4.68 Å². The number of nitrogens with one attached hydrogen (secondary N) is 2. The average Bonchev–Trinajstić information content (AvgIpc) is 3.41. The molecule has 11 nitrogen and oxygen atoms in total. The molecule has 186 valence electrons. The molecule has 0 fully saturated rings. The standard InChI is InChI=1S/C26H21N5O6/c32-22(28-29-25(33)21-15-35-19-13-7-8-14-20(19)37-21)16-36-26(34)23-27-24(17-9-3-1-4-10-17)31(30-23)18-11-5-2-6-12-18/h1-14,21H,15-16H2,(H,28,32)(H,29,33). The van der Waals surface area contributed by atoms with Gasteiger partial charge >= 0.3 is 5.97 Å². The highest BCUT2D eigenvalue weighted by Gasteiger charge is 2.28. The highest BCUT2D eigenvalue weighted by molar-refractivity contribution is 5.89. The second-order valence-electron chi connectivity index (χ2n) is 7.85. The molecule has 1 aliphatic rings. The summed E-state index contributed by atoms with van der Waals surface area (Å²) in [6.45, 7) is -0.683. The molecule has 4 aromatic rings. The van der Waals surface area contributed by atoms with E-state index in [4.69, 9.17) is 14.2 Å². The van der Waals surface area contributed by atoms with Gasteiger partial charge in [-0.1, -0.05) is 60.7 Å². The van der Waals surface area contributed by atoms with Gasteiger partial charge in [0.05, 0.1) is 5.69 Å². The highest BCUT2D eigenvalue weighted by atomic mass is 16.6. The number of carbonyl (C=O) groups excluding carboxylic acids is 3. The Morgan fingerprint density at radius 1 is 0.892 bits per heavy atom. The summed E-state index contributed by atoms with van der Waals surface area (Å²) in [5.41, 5.74) is 5.86. The van der Waals surface area contributed by atoms with Gasteiger partial charge in [-0.2, -0.15) is 0 Å². The zero-order chi connectivity index (χ0) is 25.6. The lowest BCUT2D eigenvalue weighted by Crippen LogP contribution is -2.51. The van der Waals surface area contributed by atoms with E-state index in [-0.39, 0.29) is 12.4 Å². The lowest BCUT2D eigenvalue weighted by molar-refractivity contribution is -0.135. The number of amides is 2. The summed E-state index contributed by atoms with van der Waals surface area (Å²) in [4.78, 5) is 41.4. The van der Waals surface area contributed by atoms with Crippen molar-refractivity contribution >= 4 is 17.8 Å². The Morgan fingerprint density at radius 3 is 2.32 bits per heavy atom. The van der Waals surface area contributed by atoms with E-state index in [1.807, 2.05) is 60.7 Å². The maximum Gasteiger partial charge on any atom is 0.378 e. The van der Waals surface area contributed by atoms with Crippen LogP contribution in [0, 0.1) is 0 Å². The molecule has 1 unspecified atom stereocenters. The molecule has 0 saturated heterocycles. The van der Waals surface area contributed by atoms with Gasteiger partial charge in [0, 0.05) is 5.56 Å². The fraction of sp³-hybridized carbons (Fsp3) is 0.115. The van der Waals surface area contributed by atoms with Gasteiger partial charge in [0.15, 0.2) is 23.9 Å². The zero-order valence-electron chi connectivity index (χ0n) is 19.4. The molecule has 2 amide bonds. The Labute approximate surface area is 211 Å². The minimum Gasteiger partial charge on any atom is -0.485 e. The summed E-state index contributed by atoms with van der Waals surface area (Å²) >= 11 is 0. The predicted molar refractivity (Wildman–Crippen MR) is 130 cm³/mol. The first-order valence-electron chi connectivity index (χ1n) is 11.3. The minimum atomic E-state index is -0.958. The fourth-order valence-corrected chi connectivity index (χ4v) is 3.51. The second kappa shape index (κ2) is 10.6. The van der Waals surface area contributed by atoms with Gasteiger partial charge < -0.3 is 14.2 Å². The third kappa shape index (κ3) is 5.40. The molecule has 1 aliphatic heterocycles. The first-order valence-corrected chi connectivity index (χ1v) is 11.3. The van der Waals surface area contributed by atoms with Gasteiger partial charge in [-0.3, -0.25) is 20.4 Å². The maximum absolute atomic E-state index is 12.6. The number of hydrogen-bond acceptors (Lipinski definition) is 8. The van der Waals surface area contributed by atoms with Crippen molar-refractivity contribution < 1.29 is 28.6 Å². The number of rotatable bonds is 6. The van der Waals surface area contributed by atoms with E-state index in [0.29, 0.717) is 23.0 Å². The number of carbonyl (C=O) groups is 3. The molecule has 1 atom stereocenters. The van der Waals surface area contributed by atoms with Gasteiger partial charge in [0.25, 0.3) is 17.6 Å². The molecule has 11 heteroatoms. The summed E-state index contributed by atoms with van der Waals surface area (Å²) in [5, 5.41) is 4.29. The van der Waals surface area contributed by atoms with Crippen LogP contribution in [0.4, 0.5) is 0 Å². The first-order chi connectivity index (χ1) is 18.1. The number of hydrazine groups is 1. The van der Waals surface area contributed by atoms with Crippen LogP contribution in [-0.4, -0.2) is 51.9 Å². The van der Waals surface area contributed by atoms with Gasteiger partial charge in [0.2, 0.25) is 6.10 Å². The Hall–Kier alpha value is -5.19. The van der Waals surface area contributed by atoms with Crippen LogP contribution in [0.15, 0.2) is 84.9 Å². The Bertz CT molecular complexity index is 1370. The smallest absolute Gasteiger partial charge is 0.378 e. The van der Waals surface area contributed by atoms with E-state index < -0.39 is 30.5 Å². The van der Waals surface area contributed by atoms with Crippen molar-refractivity contribution in [3.05, 3.63) is 90.8 Å². The van der Waals surface area contributed by atoms with Gasteiger partial charge in [0.1, 0.15) is 6.61 Å². The maximum atomic E-state index is 12.6. The third-order valence-electron chi connectivity index (χ3n) is 5.28. The molecule has 37 heavy (non-hydrogen) atoms. The van der Waals surface area contributed by atoms with Crippen molar-refractivity contribution in [2.24, 2.45) is 0 Å². The monoisotopic (exact) mass is 499 g/mol. The van der Waals surface area contributed by atoms with Crippen LogP contribution >= 0.6 is 0 Å². The van der Waals surface area contributed by atoms with Gasteiger partial charge in [-0.15, -0.1) is 5.10 Å². The number of para-hydroxylation sites is 3.